The third kappa shape index (κ3) is 4.04. The minimum Gasteiger partial charge on any atom is -0.471 e. The number of ether oxygens (including phenoxy) is 1. The van der Waals surface area contributed by atoms with Crippen molar-refractivity contribution in [1.29, 1.82) is 0 Å². The fourth-order valence-electron chi connectivity index (χ4n) is 3.30. The fraction of sp³-hybridized carbons (Fsp3) is 0.611. The lowest BCUT2D eigenvalue weighted by molar-refractivity contribution is -0.138. The fourth-order valence-corrected chi connectivity index (χ4v) is 3.30. The van der Waals surface area contributed by atoms with Crippen LogP contribution in [-0.2, 0) is 4.79 Å². The van der Waals surface area contributed by atoms with E-state index < -0.39 is 0 Å². The SMILES string of the molecule is CN(C)c1ccc(OC2CCCN(C(=O)C3CC=CCC3)C2)nn1. The van der Waals surface area contributed by atoms with Gasteiger partial charge in [-0.05, 0) is 38.2 Å². The molecule has 3 rings (SSSR count). The first-order valence-corrected chi connectivity index (χ1v) is 8.75. The Morgan fingerprint density at radius 2 is 2.12 bits per heavy atom. The van der Waals surface area contributed by atoms with Crippen LogP contribution in [0, 0.1) is 5.92 Å². The van der Waals surface area contributed by atoms with E-state index in [-0.39, 0.29) is 17.9 Å². The first-order valence-electron chi connectivity index (χ1n) is 8.75. The van der Waals surface area contributed by atoms with Crippen LogP contribution in [-0.4, -0.2) is 54.3 Å². The number of aromatic nitrogens is 2. The molecule has 24 heavy (non-hydrogen) atoms. The predicted octanol–water partition coefficient (Wildman–Crippen LogP) is 2.27. The van der Waals surface area contributed by atoms with Crippen molar-refractivity contribution in [2.24, 2.45) is 5.92 Å². The molecule has 2 aliphatic rings. The molecule has 1 aromatic rings. The maximum absolute atomic E-state index is 12.7. The van der Waals surface area contributed by atoms with E-state index in [0.29, 0.717) is 12.4 Å². The molecule has 1 saturated heterocycles. The number of piperidine rings is 1. The van der Waals surface area contributed by atoms with E-state index in [4.69, 9.17) is 4.74 Å². The van der Waals surface area contributed by atoms with E-state index >= 15 is 0 Å². The minimum absolute atomic E-state index is 0.00124. The summed E-state index contributed by atoms with van der Waals surface area (Å²) in [6, 6.07) is 3.73. The van der Waals surface area contributed by atoms with Crippen LogP contribution < -0.4 is 9.64 Å². The molecule has 0 spiro atoms. The normalized spacial score (nSPS) is 23.8. The van der Waals surface area contributed by atoms with E-state index in [1.807, 2.05) is 36.0 Å². The molecule has 0 saturated carbocycles. The monoisotopic (exact) mass is 330 g/mol. The van der Waals surface area contributed by atoms with Crippen LogP contribution in [0.4, 0.5) is 5.82 Å². The Bertz CT molecular complexity index is 585. The molecule has 6 nitrogen and oxygen atoms in total. The molecule has 1 aromatic heterocycles. The summed E-state index contributed by atoms with van der Waals surface area (Å²) in [6.45, 7) is 1.49. The van der Waals surface area contributed by atoms with Gasteiger partial charge in [0.05, 0.1) is 6.54 Å². The second kappa shape index (κ2) is 7.64. The molecular formula is C18H26N4O2. The summed E-state index contributed by atoms with van der Waals surface area (Å²) in [5, 5.41) is 8.26. The van der Waals surface area contributed by atoms with Crippen LogP contribution in [0.5, 0.6) is 5.88 Å². The molecule has 2 heterocycles. The van der Waals surface area contributed by atoms with Crippen molar-refractivity contribution < 1.29 is 9.53 Å². The molecule has 1 aliphatic heterocycles. The van der Waals surface area contributed by atoms with Gasteiger partial charge in [-0.1, -0.05) is 12.2 Å². The first kappa shape index (κ1) is 16.7. The van der Waals surface area contributed by atoms with E-state index in [0.717, 1.165) is 44.5 Å². The number of anilines is 1. The van der Waals surface area contributed by atoms with Crippen molar-refractivity contribution in [1.82, 2.24) is 15.1 Å². The lowest BCUT2D eigenvalue weighted by Crippen LogP contribution is -2.46. The summed E-state index contributed by atoms with van der Waals surface area (Å²) >= 11 is 0. The van der Waals surface area contributed by atoms with Crippen molar-refractivity contribution in [3.8, 4) is 5.88 Å². The topological polar surface area (TPSA) is 58.6 Å². The second-order valence-electron chi connectivity index (χ2n) is 6.77. The Morgan fingerprint density at radius 3 is 2.79 bits per heavy atom. The van der Waals surface area contributed by atoms with Crippen LogP contribution in [0.1, 0.15) is 32.1 Å². The Kier molecular flexibility index (Phi) is 5.33. The van der Waals surface area contributed by atoms with Gasteiger partial charge in [0.1, 0.15) is 6.10 Å². The Hall–Kier alpha value is -2.11. The smallest absolute Gasteiger partial charge is 0.233 e. The zero-order valence-electron chi connectivity index (χ0n) is 14.5. The van der Waals surface area contributed by atoms with Gasteiger partial charge in [0.25, 0.3) is 0 Å². The molecule has 2 atom stereocenters. The summed E-state index contributed by atoms with van der Waals surface area (Å²) in [4.78, 5) is 16.5. The first-order chi connectivity index (χ1) is 11.6. The number of carbonyl (C=O) groups is 1. The van der Waals surface area contributed by atoms with Gasteiger partial charge < -0.3 is 14.5 Å². The molecular weight excluding hydrogens is 304 g/mol. The Labute approximate surface area is 143 Å². The van der Waals surface area contributed by atoms with Gasteiger partial charge in [-0.2, -0.15) is 0 Å². The zero-order valence-corrected chi connectivity index (χ0v) is 14.5. The number of rotatable bonds is 4. The predicted molar refractivity (Wildman–Crippen MR) is 93.1 cm³/mol. The highest BCUT2D eigenvalue weighted by atomic mass is 16.5. The highest BCUT2D eigenvalue weighted by molar-refractivity contribution is 5.79. The molecule has 2 unspecified atom stereocenters. The molecule has 0 aromatic carbocycles. The van der Waals surface area contributed by atoms with Gasteiger partial charge in [-0.15, -0.1) is 10.2 Å². The van der Waals surface area contributed by atoms with Crippen molar-refractivity contribution in [2.45, 2.75) is 38.2 Å². The van der Waals surface area contributed by atoms with Gasteiger partial charge in [0, 0.05) is 32.6 Å². The summed E-state index contributed by atoms with van der Waals surface area (Å²) in [5.41, 5.74) is 0. The Morgan fingerprint density at radius 1 is 1.25 bits per heavy atom. The van der Waals surface area contributed by atoms with Crippen molar-refractivity contribution in [3.63, 3.8) is 0 Å². The highest BCUT2D eigenvalue weighted by Gasteiger charge is 2.29. The zero-order chi connectivity index (χ0) is 16.9. The van der Waals surface area contributed by atoms with E-state index in [1.165, 1.54) is 0 Å². The van der Waals surface area contributed by atoms with Crippen LogP contribution in [0.25, 0.3) is 0 Å². The van der Waals surface area contributed by atoms with Crippen molar-refractivity contribution in [3.05, 3.63) is 24.3 Å². The quantitative estimate of drug-likeness (QED) is 0.793. The van der Waals surface area contributed by atoms with Crippen LogP contribution >= 0.6 is 0 Å². The van der Waals surface area contributed by atoms with Gasteiger partial charge in [0.15, 0.2) is 5.82 Å². The number of allylic oxidation sites excluding steroid dienone is 2. The average molecular weight is 330 g/mol. The largest absolute Gasteiger partial charge is 0.471 e. The van der Waals surface area contributed by atoms with E-state index in [9.17, 15) is 4.79 Å². The third-order valence-electron chi connectivity index (χ3n) is 4.68. The summed E-state index contributed by atoms with van der Waals surface area (Å²) in [7, 11) is 3.85. The lowest BCUT2D eigenvalue weighted by atomic mass is 9.92. The second-order valence-corrected chi connectivity index (χ2v) is 6.77. The van der Waals surface area contributed by atoms with Crippen molar-refractivity contribution >= 4 is 11.7 Å². The van der Waals surface area contributed by atoms with E-state index in [2.05, 4.69) is 22.3 Å². The lowest BCUT2D eigenvalue weighted by Gasteiger charge is -2.35. The molecule has 6 heteroatoms. The number of hydrogen-bond acceptors (Lipinski definition) is 5. The van der Waals surface area contributed by atoms with Crippen molar-refractivity contribution in [2.75, 3.05) is 32.1 Å². The molecule has 1 amide bonds. The third-order valence-corrected chi connectivity index (χ3v) is 4.68. The molecule has 0 N–H and O–H groups in total. The number of carbonyl (C=O) groups excluding carboxylic acids is 1. The molecule has 1 fully saturated rings. The highest BCUT2D eigenvalue weighted by Crippen LogP contribution is 2.24. The van der Waals surface area contributed by atoms with Crippen LogP contribution in [0.15, 0.2) is 24.3 Å². The molecule has 0 radical (unpaired) electrons. The number of hydrogen-bond donors (Lipinski definition) is 0. The number of likely N-dealkylation sites (tertiary alicyclic amines) is 1. The standard InChI is InChI=1S/C18H26N4O2/c1-21(2)16-10-11-17(20-19-16)24-15-9-6-12-22(13-15)18(23)14-7-4-3-5-8-14/h3-4,10-11,14-15H,5-9,12-13H2,1-2H3. The van der Waals surface area contributed by atoms with Crippen LogP contribution in [0.3, 0.4) is 0 Å². The maximum Gasteiger partial charge on any atom is 0.233 e. The number of nitrogens with zero attached hydrogens (tertiary/aromatic N) is 4. The molecule has 1 aliphatic carbocycles. The van der Waals surface area contributed by atoms with Gasteiger partial charge in [-0.3, -0.25) is 4.79 Å². The van der Waals surface area contributed by atoms with Gasteiger partial charge in [-0.25, -0.2) is 0 Å². The minimum atomic E-state index is 0.00124. The summed E-state index contributed by atoms with van der Waals surface area (Å²) < 4.78 is 5.96. The Balaban J connectivity index is 1.57. The maximum atomic E-state index is 12.7. The molecule has 0 bridgehead atoms. The molecule has 130 valence electrons. The summed E-state index contributed by atoms with van der Waals surface area (Å²) in [5.74, 6) is 1.75. The van der Waals surface area contributed by atoms with E-state index in [1.54, 1.807) is 0 Å². The van der Waals surface area contributed by atoms with Crippen LogP contribution in [0.2, 0.25) is 0 Å². The van der Waals surface area contributed by atoms with Gasteiger partial charge >= 0.3 is 0 Å². The van der Waals surface area contributed by atoms with Gasteiger partial charge in [0.2, 0.25) is 11.8 Å². The average Bonchev–Trinajstić information content (AvgIpc) is 2.62. The number of amides is 1. The summed E-state index contributed by atoms with van der Waals surface area (Å²) in [6.07, 6.45) is 9.08.